The van der Waals surface area contributed by atoms with Crippen LogP contribution in [0.15, 0.2) is 122 Å². The highest BCUT2D eigenvalue weighted by Gasteiger charge is 2.26. The molecule has 0 aliphatic carbocycles. The number of carbonyl (C=O) groups excluding carboxylic acids is 2. The summed E-state index contributed by atoms with van der Waals surface area (Å²) in [4.78, 5) is 34.9. The second-order valence-corrected chi connectivity index (χ2v) is 17.8. The van der Waals surface area contributed by atoms with Crippen LogP contribution in [-0.4, -0.2) is 49.3 Å². The van der Waals surface area contributed by atoms with Crippen LogP contribution in [0.5, 0.6) is 0 Å². The van der Waals surface area contributed by atoms with Crippen molar-refractivity contribution in [2.24, 2.45) is 5.73 Å². The van der Waals surface area contributed by atoms with Gasteiger partial charge in [0.05, 0.1) is 13.2 Å². The zero-order chi connectivity index (χ0) is 48.1. The molecule has 0 saturated carbocycles. The molecule has 9 nitrogen and oxygen atoms in total. The van der Waals surface area contributed by atoms with Crippen molar-refractivity contribution in [2.75, 3.05) is 26.4 Å². The normalized spacial score (nSPS) is 14.2. The van der Waals surface area contributed by atoms with Gasteiger partial charge in [0.15, 0.2) is 6.10 Å². The summed E-state index contributed by atoms with van der Waals surface area (Å²) in [5, 5.41) is 0. The molecule has 0 fully saturated rings. The van der Waals surface area contributed by atoms with Crippen LogP contribution in [0.3, 0.4) is 0 Å². The highest BCUT2D eigenvalue weighted by Crippen LogP contribution is 2.43. The molecule has 0 amide bonds. The second-order valence-electron chi connectivity index (χ2n) is 16.3. The van der Waals surface area contributed by atoms with Gasteiger partial charge in [-0.15, -0.1) is 0 Å². The van der Waals surface area contributed by atoms with E-state index in [2.05, 4.69) is 135 Å². The third-order valence-corrected chi connectivity index (χ3v) is 11.1. The molecule has 0 aromatic rings. The van der Waals surface area contributed by atoms with Crippen molar-refractivity contribution in [3.8, 4) is 0 Å². The lowest BCUT2D eigenvalue weighted by molar-refractivity contribution is -0.161. The Bertz CT molecular complexity index is 1490. The molecule has 2 atom stereocenters. The Morgan fingerprint density at radius 1 is 0.470 bits per heavy atom. The molecule has 0 saturated heterocycles. The number of carbonyl (C=O) groups is 2. The fraction of sp³-hybridized carbons (Fsp3) is 0.607. The summed E-state index contributed by atoms with van der Waals surface area (Å²) < 4.78 is 32.8. The molecule has 0 spiro atoms. The Kier molecular flexibility index (Phi) is 48.1. The van der Waals surface area contributed by atoms with Gasteiger partial charge in [-0.25, -0.2) is 4.57 Å². The molecule has 374 valence electrons. The number of allylic oxidation sites excluding steroid dienone is 20. The van der Waals surface area contributed by atoms with Crippen LogP contribution in [-0.2, 0) is 32.7 Å². The standard InChI is InChI=1S/C56H92NO8P/c1-3-5-7-9-11-13-15-17-18-19-20-21-22-23-24-25-26-27-28-29-30-31-32-33-34-35-36-37-39-41-43-45-47-49-56(59)65-54(53-64-66(60,61)63-51-50-57)52-62-55(58)48-46-44-42-40-38-16-14-12-10-8-6-4-2/h5,7,11-14,17-18,20-21,23-24,26-27,29-30,32-33,35-36,54H,3-4,6,8-10,15-16,19,22,25,28,31,34,37-53,57H2,1-2H3,(H,60,61)/b7-5-,13-11-,14-12-,18-17-,21-20-,24-23-,27-26-,30-29-,33-32-,36-35-. The van der Waals surface area contributed by atoms with Gasteiger partial charge < -0.3 is 20.1 Å². The van der Waals surface area contributed by atoms with E-state index < -0.39 is 32.5 Å². The minimum atomic E-state index is -4.40. The molecular formula is C56H92NO8P. The number of hydrogen-bond acceptors (Lipinski definition) is 8. The summed E-state index contributed by atoms with van der Waals surface area (Å²) in [6, 6.07) is 0. The lowest BCUT2D eigenvalue weighted by atomic mass is 10.1. The van der Waals surface area contributed by atoms with E-state index in [1.807, 2.05) is 0 Å². The number of hydrogen-bond donors (Lipinski definition) is 2. The van der Waals surface area contributed by atoms with Gasteiger partial charge >= 0.3 is 19.8 Å². The predicted molar refractivity (Wildman–Crippen MR) is 279 cm³/mol. The molecule has 0 aromatic carbocycles. The molecule has 0 rings (SSSR count). The zero-order valence-electron chi connectivity index (χ0n) is 41.4. The summed E-state index contributed by atoms with van der Waals surface area (Å²) in [6.07, 6.45) is 69.6. The van der Waals surface area contributed by atoms with Gasteiger partial charge in [-0.1, -0.05) is 187 Å². The Balaban J connectivity index is 4.10. The molecule has 0 aliphatic rings. The van der Waals surface area contributed by atoms with E-state index in [0.29, 0.717) is 12.8 Å². The summed E-state index contributed by atoms with van der Waals surface area (Å²) in [5.41, 5.74) is 5.36. The summed E-state index contributed by atoms with van der Waals surface area (Å²) in [7, 11) is -4.40. The maximum atomic E-state index is 12.6. The molecular weight excluding hydrogens is 846 g/mol. The topological polar surface area (TPSA) is 134 Å². The minimum Gasteiger partial charge on any atom is -0.462 e. The Hall–Kier alpha value is -3.59. The quantitative estimate of drug-likeness (QED) is 0.0265. The van der Waals surface area contributed by atoms with Crippen molar-refractivity contribution in [1.29, 1.82) is 0 Å². The fourth-order valence-corrected chi connectivity index (χ4v) is 7.09. The second kappa shape index (κ2) is 50.8. The Morgan fingerprint density at radius 2 is 0.833 bits per heavy atom. The first-order valence-electron chi connectivity index (χ1n) is 25.5. The summed E-state index contributed by atoms with van der Waals surface area (Å²) in [6.45, 7) is 3.54. The number of esters is 2. The molecule has 0 aromatic heterocycles. The van der Waals surface area contributed by atoms with Crippen LogP contribution in [0.25, 0.3) is 0 Å². The van der Waals surface area contributed by atoms with E-state index in [1.165, 1.54) is 19.3 Å². The zero-order valence-corrected chi connectivity index (χ0v) is 42.3. The highest BCUT2D eigenvalue weighted by molar-refractivity contribution is 7.47. The fourth-order valence-electron chi connectivity index (χ4n) is 6.33. The van der Waals surface area contributed by atoms with Gasteiger partial charge in [-0.05, 0) is 109 Å². The number of unbranched alkanes of at least 4 members (excludes halogenated alkanes) is 13. The third-order valence-electron chi connectivity index (χ3n) is 10.1. The van der Waals surface area contributed by atoms with Gasteiger partial charge in [0, 0.05) is 19.4 Å². The van der Waals surface area contributed by atoms with Crippen LogP contribution < -0.4 is 5.73 Å². The molecule has 0 heterocycles. The average molecular weight is 938 g/mol. The molecule has 66 heavy (non-hydrogen) atoms. The van der Waals surface area contributed by atoms with E-state index in [4.69, 9.17) is 24.3 Å². The maximum Gasteiger partial charge on any atom is 0.472 e. The van der Waals surface area contributed by atoms with Crippen molar-refractivity contribution in [2.45, 2.75) is 193 Å². The van der Waals surface area contributed by atoms with Gasteiger partial charge in [0.2, 0.25) is 0 Å². The molecule has 0 radical (unpaired) electrons. The first-order valence-corrected chi connectivity index (χ1v) is 27.0. The average Bonchev–Trinajstić information content (AvgIpc) is 3.31. The monoisotopic (exact) mass is 938 g/mol. The number of rotatable bonds is 46. The largest absolute Gasteiger partial charge is 0.472 e. The van der Waals surface area contributed by atoms with Crippen molar-refractivity contribution in [3.63, 3.8) is 0 Å². The van der Waals surface area contributed by atoms with Crippen molar-refractivity contribution >= 4 is 19.8 Å². The van der Waals surface area contributed by atoms with Crippen LogP contribution in [0.2, 0.25) is 0 Å². The molecule has 3 N–H and O–H groups in total. The van der Waals surface area contributed by atoms with Crippen LogP contribution in [0, 0.1) is 0 Å². The molecule has 0 aliphatic heterocycles. The molecule has 10 heteroatoms. The molecule has 0 bridgehead atoms. The van der Waals surface area contributed by atoms with Crippen LogP contribution in [0.4, 0.5) is 0 Å². The van der Waals surface area contributed by atoms with Crippen molar-refractivity contribution < 1.29 is 37.6 Å². The number of nitrogens with two attached hydrogens (primary N) is 1. The van der Waals surface area contributed by atoms with Crippen LogP contribution >= 0.6 is 7.82 Å². The lowest BCUT2D eigenvalue weighted by Crippen LogP contribution is -2.29. The maximum absolute atomic E-state index is 12.6. The van der Waals surface area contributed by atoms with E-state index >= 15 is 0 Å². The van der Waals surface area contributed by atoms with E-state index in [1.54, 1.807) is 0 Å². The lowest BCUT2D eigenvalue weighted by Gasteiger charge is -2.19. The van der Waals surface area contributed by atoms with E-state index in [9.17, 15) is 19.0 Å². The Morgan fingerprint density at radius 3 is 1.26 bits per heavy atom. The van der Waals surface area contributed by atoms with Crippen molar-refractivity contribution in [3.05, 3.63) is 122 Å². The highest BCUT2D eigenvalue weighted by atomic mass is 31.2. The third kappa shape index (κ3) is 49.8. The van der Waals surface area contributed by atoms with E-state index in [0.717, 1.165) is 128 Å². The summed E-state index contributed by atoms with van der Waals surface area (Å²) in [5.74, 6) is -0.872. The van der Waals surface area contributed by atoms with Crippen LogP contribution in [0.1, 0.15) is 187 Å². The SMILES string of the molecule is CC/C=C\C/C=C\C/C=C\C/C=C\C/C=C\C/C=C\C/C=C\C/C=C\C/C=C\CCCCCCCC(=O)OC(COC(=O)CCCCCCC/C=C\CCCCC)COP(=O)(O)OCCN. The number of ether oxygens (including phenoxy) is 2. The van der Waals surface area contributed by atoms with E-state index in [-0.39, 0.29) is 32.6 Å². The number of phosphoric acid groups is 1. The predicted octanol–water partition coefficient (Wildman–Crippen LogP) is 15.7. The van der Waals surface area contributed by atoms with Gasteiger partial charge in [0.1, 0.15) is 6.61 Å². The summed E-state index contributed by atoms with van der Waals surface area (Å²) >= 11 is 0. The Labute approximate surface area is 402 Å². The number of phosphoric ester groups is 1. The van der Waals surface area contributed by atoms with Gasteiger partial charge in [-0.3, -0.25) is 18.6 Å². The minimum absolute atomic E-state index is 0.0424. The van der Waals surface area contributed by atoms with Gasteiger partial charge in [-0.2, -0.15) is 0 Å². The first-order chi connectivity index (χ1) is 32.3. The van der Waals surface area contributed by atoms with Crippen molar-refractivity contribution in [1.82, 2.24) is 0 Å². The smallest absolute Gasteiger partial charge is 0.462 e. The first kappa shape index (κ1) is 62.4. The molecule has 2 unspecified atom stereocenters. The van der Waals surface area contributed by atoms with Gasteiger partial charge in [0.25, 0.3) is 0 Å².